The second kappa shape index (κ2) is 10.7. The van der Waals surface area contributed by atoms with Crippen LogP contribution >= 0.6 is 0 Å². The van der Waals surface area contributed by atoms with E-state index < -0.39 is 12.9 Å². The molecule has 0 saturated carbocycles. The smallest absolute Gasteiger partial charge is 0.413 e. The highest BCUT2D eigenvalue weighted by Gasteiger charge is 2.17. The summed E-state index contributed by atoms with van der Waals surface area (Å²) >= 11 is 0. The highest BCUT2D eigenvalue weighted by Crippen LogP contribution is 2.26. The van der Waals surface area contributed by atoms with Gasteiger partial charge in [0.25, 0.3) is 0 Å². The van der Waals surface area contributed by atoms with Gasteiger partial charge >= 0.3 is 6.09 Å². The lowest BCUT2D eigenvalue weighted by Gasteiger charge is -2.23. The number of aliphatic hydroxyl groups excluding tert-OH is 1. The Labute approximate surface area is 169 Å². The van der Waals surface area contributed by atoms with Crippen LogP contribution in [0.3, 0.4) is 0 Å². The molecule has 0 saturated heterocycles. The van der Waals surface area contributed by atoms with E-state index in [0.717, 1.165) is 11.1 Å². The van der Waals surface area contributed by atoms with Gasteiger partial charge in [-0.05, 0) is 23.3 Å². The molecule has 0 atom stereocenters. The van der Waals surface area contributed by atoms with Crippen LogP contribution in [-0.4, -0.2) is 29.6 Å². The van der Waals surface area contributed by atoms with Crippen molar-refractivity contribution in [2.24, 2.45) is 0 Å². The molecular weight excluding hydrogens is 370 g/mol. The molecule has 0 aliphatic rings. The summed E-state index contributed by atoms with van der Waals surface area (Å²) in [6.07, 6.45) is -0.488. The molecular formula is C23H23NO5. The maximum absolute atomic E-state index is 12.7. The Morgan fingerprint density at radius 1 is 0.759 bits per heavy atom. The largest absolute Gasteiger partial charge is 0.469 e. The van der Waals surface area contributed by atoms with E-state index in [2.05, 4.69) is 0 Å². The summed E-state index contributed by atoms with van der Waals surface area (Å²) in [6, 6.07) is 26.0. The van der Waals surface area contributed by atoms with E-state index in [-0.39, 0.29) is 13.3 Å². The van der Waals surface area contributed by atoms with Gasteiger partial charge in [0.15, 0.2) is 25.0 Å². The van der Waals surface area contributed by atoms with Crippen molar-refractivity contribution in [1.29, 1.82) is 0 Å². The molecule has 6 nitrogen and oxygen atoms in total. The molecule has 0 spiro atoms. The van der Waals surface area contributed by atoms with Gasteiger partial charge in [0.1, 0.15) is 6.61 Å². The Morgan fingerprint density at radius 2 is 1.31 bits per heavy atom. The van der Waals surface area contributed by atoms with Crippen molar-refractivity contribution >= 4 is 6.09 Å². The lowest BCUT2D eigenvalue weighted by atomic mass is 10.2. The Kier molecular flexibility index (Phi) is 7.48. The fourth-order valence-corrected chi connectivity index (χ4v) is 2.68. The number of ether oxygens (including phenoxy) is 3. The highest BCUT2D eigenvalue weighted by molar-refractivity contribution is 5.67. The third kappa shape index (κ3) is 6.26. The summed E-state index contributed by atoms with van der Waals surface area (Å²) in [5.74, 6) is 0.822. The summed E-state index contributed by atoms with van der Waals surface area (Å²) in [7, 11) is 0. The van der Waals surface area contributed by atoms with Crippen LogP contribution in [-0.2, 0) is 17.9 Å². The third-order valence-electron chi connectivity index (χ3n) is 4.12. The van der Waals surface area contributed by atoms with Crippen LogP contribution in [0.1, 0.15) is 11.1 Å². The maximum atomic E-state index is 12.7. The Hall–Kier alpha value is -3.51. The molecule has 29 heavy (non-hydrogen) atoms. The normalized spacial score (nSPS) is 10.2. The first kappa shape index (κ1) is 20.2. The summed E-state index contributed by atoms with van der Waals surface area (Å²) in [4.78, 5) is 14.2. The number of para-hydroxylation sites is 2. The minimum atomic E-state index is -0.488. The molecule has 0 unspecified atom stereocenters. The minimum absolute atomic E-state index is 0.0334. The van der Waals surface area contributed by atoms with Crippen LogP contribution < -0.4 is 9.47 Å². The maximum Gasteiger partial charge on any atom is 0.413 e. The second-order valence-corrected chi connectivity index (χ2v) is 6.22. The second-order valence-electron chi connectivity index (χ2n) is 6.22. The topological polar surface area (TPSA) is 68.2 Å². The van der Waals surface area contributed by atoms with E-state index in [1.54, 1.807) is 24.3 Å². The molecule has 0 aliphatic carbocycles. The van der Waals surface area contributed by atoms with Gasteiger partial charge in [-0.25, -0.2) is 4.79 Å². The minimum Gasteiger partial charge on any atom is -0.469 e. The molecule has 150 valence electrons. The average molecular weight is 393 g/mol. The van der Waals surface area contributed by atoms with Gasteiger partial charge in [-0.3, -0.25) is 4.90 Å². The van der Waals surface area contributed by atoms with E-state index >= 15 is 0 Å². The van der Waals surface area contributed by atoms with Gasteiger partial charge in [0, 0.05) is 0 Å². The molecule has 0 bridgehead atoms. The van der Waals surface area contributed by atoms with Gasteiger partial charge in [-0.1, -0.05) is 72.8 Å². The van der Waals surface area contributed by atoms with Crippen molar-refractivity contribution in [3.8, 4) is 11.5 Å². The van der Waals surface area contributed by atoms with Crippen LogP contribution in [0.5, 0.6) is 11.5 Å². The molecule has 1 amide bonds. The molecule has 0 aromatic heterocycles. The zero-order valence-electron chi connectivity index (χ0n) is 15.9. The van der Waals surface area contributed by atoms with Crippen LogP contribution in [0, 0.1) is 0 Å². The number of amides is 1. The van der Waals surface area contributed by atoms with E-state index in [0.29, 0.717) is 18.0 Å². The first-order valence-corrected chi connectivity index (χ1v) is 9.21. The zero-order valence-corrected chi connectivity index (χ0v) is 15.9. The zero-order chi connectivity index (χ0) is 20.3. The van der Waals surface area contributed by atoms with Crippen molar-refractivity contribution in [2.75, 3.05) is 13.5 Å². The summed E-state index contributed by atoms with van der Waals surface area (Å²) in [5, 5.41) is 9.02. The summed E-state index contributed by atoms with van der Waals surface area (Å²) in [5.41, 5.74) is 1.86. The van der Waals surface area contributed by atoms with Crippen LogP contribution in [0.15, 0.2) is 84.9 Å². The Balaban J connectivity index is 1.68. The number of carbonyl (C=O) groups excluding carboxylic acids is 1. The van der Waals surface area contributed by atoms with Gasteiger partial charge in [-0.15, -0.1) is 0 Å². The molecule has 1 N–H and O–H groups in total. The van der Waals surface area contributed by atoms with Crippen molar-refractivity contribution in [1.82, 2.24) is 4.90 Å². The standard InChI is InChI=1S/C23H23NO5/c25-18-29-22-14-8-7-13-21(22)28-17-24(15-19-9-3-1-4-10-19)23(26)27-16-20-11-5-2-6-12-20/h1-14,25H,15-18H2. The third-order valence-corrected chi connectivity index (χ3v) is 4.12. The summed E-state index contributed by atoms with van der Waals surface area (Å²) < 4.78 is 16.4. The number of benzene rings is 3. The number of aliphatic hydroxyl groups is 1. The summed E-state index contributed by atoms with van der Waals surface area (Å²) in [6.45, 7) is 0.00813. The first-order valence-electron chi connectivity index (χ1n) is 9.21. The average Bonchev–Trinajstić information content (AvgIpc) is 2.77. The van der Waals surface area contributed by atoms with Gasteiger partial charge < -0.3 is 19.3 Å². The molecule has 0 heterocycles. The van der Waals surface area contributed by atoms with Gasteiger partial charge in [-0.2, -0.15) is 0 Å². The van der Waals surface area contributed by atoms with Crippen LogP contribution in [0.25, 0.3) is 0 Å². The van der Waals surface area contributed by atoms with Crippen LogP contribution in [0.4, 0.5) is 4.79 Å². The van der Waals surface area contributed by atoms with Gasteiger partial charge in [0.05, 0.1) is 6.54 Å². The Morgan fingerprint density at radius 3 is 1.93 bits per heavy atom. The van der Waals surface area contributed by atoms with E-state index in [1.165, 1.54) is 4.90 Å². The Bertz CT molecular complexity index is 886. The lowest BCUT2D eigenvalue weighted by Crippen LogP contribution is -2.34. The quantitative estimate of drug-likeness (QED) is 0.552. The molecule has 3 aromatic rings. The van der Waals surface area contributed by atoms with E-state index in [1.807, 2.05) is 60.7 Å². The van der Waals surface area contributed by atoms with Crippen molar-refractivity contribution in [3.05, 3.63) is 96.1 Å². The predicted octanol–water partition coefficient (Wildman–Crippen LogP) is 4.19. The fourth-order valence-electron chi connectivity index (χ4n) is 2.68. The monoisotopic (exact) mass is 393 g/mol. The number of carbonyl (C=O) groups is 1. The van der Waals surface area contributed by atoms with Crippen molar-refractivity contribution in [3.63, 3.8) is 0 Å². The van der Waals surface area contributed by atoms with Crippen molar-refractivity contribution < 1.29 is 24.1 Å². The van der Waals surface area contributed by atoms with Crippen molar-refractivity contribution in [2.45, 2.75) is 13.2 Å². The van der Waals surface area contributed by atoms with E-state index in [4.69, 9.17) is 19.3 Å². The lowest BCUT2D eigenvalue weighted by molar-refractivity contribution is 0.0569. The number of hydrogen-bond donors (Lipinski definition) is 1. The number of hydrogen-bond acceptors (Lipinski definition) is 5. The van der Waals surface area contributed by atoms with Crippen LogP contribution in [0.2, 0.25) is 0 Å². The highest BCUT2D eigenvalue weighted by atomic mass is 16.6. The molecule has 6 heteroatoms. The SMILES string of the molecule is O=C(OCc1ccccc1)N(COc1ccccc1OCO)Cc1ccccc1. The molecule has 0 aliphatic heterocycles. The number of nitrogens with zero attached hydrogens (tertiary/aromatic N) is 1. The molecule has 3 rings (SSSR count). The molecule has 3 aromatic carbocycles. The first-order chi connectivity index (χ1) is 14.3. The predicted molar refractivity (Wildman–Crippen MR) is 108 cm³/mol. The molecule has 0 fully saturated rings. The number of rotatable bonds is 9. The fraction of sp³-hybridized carbons (Fsp3) is 0.174. The van der Waals surface area contributed by atoms with E-state index in [9.17, 15) is 4.79 Å². The molecule has 0 radical (unpaired) electrons. The van der Waals surface area contributed by atoms with Gasteiger partial charge in [0.2, 0.25) is 0 Å².